The lowest BCUT2D eigenvalue weighted by molar-refractivity contribution is 0.415. The van der Waals surface area contributed by atoms with Crippen molar-refractivity contribution in [3.63, 3.8) is 0 Å². The number of benzene rings is 3. The molecule has 2 N–H and O–H groups in total. The minimum absolute atomic E-state index is 0.0592. The number of aryl methyl sites for hydroxylation is 1. The Morgan fingerprint density at radius 2 is 1.65 bits per heavy atom. The van der Waals surface area contributed by atoms with E-state index in [0.717, 1.165) is 43.7 Å². The average Bonchev–Trinajstić information content (AvgIpc) is 3.11. The molecule has 4 rings (SSSR count). The second-order valence-electron chi connectivity index (χ2n) is 6.94. The molecule has 0 fully saturated rings. The summed E-state index contributed by atoms with van der Waals surface area (Å²) >= 11 is 3.57. The van der Waals surface area contributed by atoms with Gasteiger partial charge in [0.05, 0.1) is 22.2 Å². The van der Waals surface area contributed by atoms with Crippen molar-refractivity contribution in [3.05, 3.63) is 76.9 Å². The summed E-state index contributed by atoms with van der Waals surface area (Å²) in [4.78, 5) is 0.0592. The van der Waals surface area contributed by atoms with Crippen LogP contribution in [-0.2, 0) is 10.0 Å². The Morgan fingerprint density at radius 1 is 0.968 bits per heavy atom. The molecule has 158 valence electrons. The van der Waals surface area contributed by atoms with Gasteiger partial charge in [0.1, 0.15) is 5.75 Å². The zero-order chi connectivity index (χ0) is 22.2. The van der Waals surface area contributed by atoms with Gasteiger partial charge in [-0.1, -0.05) is 47.6 Å². The van der Waals surface area contributed by atoms with Gasteiger partial charge in [-0.05, 0) is 63.8 Å². The van der Waals surface area contributed by atoms with Crippen LogP contribution < -0.4 is 9.88 Å². The molecule has 6 nitrogen and oxygen atoms in total. The molecule has 0 atom stereocenters. The van der Waals surface area contributed by atoms with Crippen molar-refractivity contribution in [2.45, 2.75) is 11.8 Å². The molecule has 8 heteroatoms. The standard InChI is InChI=1S/C23H19BrN2O4S/c1-14-22(24)23(30-26-14)20-8-4-7-19(15-9-11-18(12-10-15)31(25,27)28)21(20)16-5-3-6-17(13-16)29-2/h3-13H,1-2H3,(H2,25,27,28). The summed E-state index contributed by atoms with van der Waals surface area (Å²) in [5, 5.41) is 9.33. The Morgan fingerprint density at radius 3 is 2.26 bits per heavy atom. The van der Waals surface area contributed by atoms with E-state index in [-0.39, 0.29) is 4.90 Å². The Hall–Kier alpha value is -2.94. The molecule has 0 bridgehead atoms. The smallest absolute Gasteiger partial charge is 0.238 e. The van der Waals surface area contributed by atoms with Crippen molar-refractivity contribution in [1.82, 2.24) is 5.16 Å². The number of nitrogens with two attached hydrogens (primary N) is 1. The molecule has 0 saturated carbocycles. The second kappa shape index (κ2) is 8.30. The Balaban J connectivity index is 1.99. The number of sulfonamides is 1. The van der Waals surface area contributed by atoms with E-state index >= 15 is 0 Å². The monoisotopic (exact) mass is 498 g/mol. The van der Waals surface area contributed by atoms with E-state index in [4.69, 9.17) is 14.4 Å². The van der Waals surface area contributed by atoms with Gasteiger partial charge < -0.3 is 9.26 Å². The first kappa shape index (κ1) is 21.3. The fraction of sp³-hybridized carbons (Fsp3) is 0.0870. The van der Waals surface area contributed by atoms with Gasteiger partial charge in [0.15, 0.2) is 5.76 Å². The zero-order valence-corrected chi connectivity index (χ0v) is 19.2. The van der Waals surface area contributed by atoms with Crippen LogP contribution in [0.4, 0.5) is 0 Å². The maximum absolute atomic E-state index is 11.7. The Kier molecular flexibility index (Phi) is 5.70. The SMILES string of the molecule is COc1cccc(-c2c(-c3ccc(S(N)(=O)=O)cc3)cccc2-c2onc(C)c2Br)c1. The fourth-order valence-electron chi connectivity index (χ4n) is 3.42. The highest BCUT2D eigenvalue weighted by atomic mass is 79.9. The van der Waals surface area contributed by atoms with Crippen LogP contribution in [0, 0.1) is 6.92 Å². The summed E-state index contributed by atoms with van der Waals surface area (Å²) in [5.41, 5.74) is 5.14. The van der Waals surface area contributed by atoms with Crippen molar-refractivity contribution in [2.75, 3.05) is 7.11 Å². The van der Waals surface area contributed by atoms with E-state index in [1.165, 1.54) is 12.1 Å². The van der Waals surface area contributed by atoms with E-state index in [2.05, 4.69) is 21.1 Å². The summed E-state index contributed by atoms with van der Waals surface area (Å²) in [6.07, 6.45) is 0. The van der Waals surface area contributed by atoms with Crippen molar-refractivity contribution < 1.29 is 17.7 Å². The first-order chi connectivity index (χ1) is 14.8. The van der Waals surface area contributed by atoms with Crippen LogP contribution in [0.15, 0.2) is 80.6 Å². The largest absolute Gasteiger partial charge is 0.497 e. The number of rotatable bonds is 5. The third-order valence-electron chi connectivity index (χ3n) is 4.95. The molecule has 0 aliphatic rings. The molecule has 1 heterocycles. The van der Waals surface area contributed by atoms with Crippen LogP contribution in [0.5, 0.6) is 5.75 Å². The van der Waals surface area contributed by atoms with Crippen molar-refractivity contribution >= 4 is 26.0 Å². The minimum Gasteiger partial charge on any atom is -0.497 e. The molecular formula is C23H19BrN2O4S. The summed E-state index contributed by atoms with van der Waals surface area (Å²) in [6.45, 7) is 1.86. The van der Waals surface area contributed by atoms with Gasteiger partial charge in [-0.3, -0.25) is 0 Å². The maximum Gasteiger partial charge on any atom is 0.238 e. The second-order valence-corrected chi connectivity index (χ2v) is 9.29. The predicted molar refractivity (Wildman–Crippen MR) is 123 cm³/mol. The number of nitrogens with zero attached hydrogens (tertiary/aromatic N) is 1. The lowest BCUT2D eigenvalue weighted by atomic mass is 9.89. The summed E-state index contributed by atoms with van der Waals surface area (Å²) in [7, 11) is -2.15. The highest BCUT2D eigenvalue weighted by molar-refractivity contribution is 9.10. The lowest BCUT2D eigenvalue weighted by Gasteiger charge is -2.15. The van der Waals surface area contributed by atoms with Crippen molar-refractivity contribution in [3.8, 4) is 39.3 Å². The molecule has 0 amide bonds. The van der Waals surface area contributed by atoms with Crippen LogP contribution in [-0.4, -0.2) is 20.7 Å². The molecule has 1 aromatic heterocycles. The molecule has 0 saturated heterocycles. The van der Waals surface area contributed by atoms with Crippen molar-refractivity contribution in [1.29, 1.82) is 0 Å². The van der Waals surface area contributed by atoms with Gasteiger partial charge >= 0.3 is 0 Å². The number of methoxy groups -OCH3 is 1. The predicted octanol–water partition coefficient (Wildman–Crippen LogP) is 5.40. The maximum atomic E-state index is 11.7. The van der Waals surface area contributed by atoms with E-state index in [1.54, 1.807) is 19.2 Å². The molecule has 4 aromatic rings. The molecule has 0 unspecified atom stereocenters. The molecule has 0 spiro atoms. The number of aromatic nitrogens is 1. The highest BCUT2D eigenvalue weighted by Crippen LogP contribution is 2.43. The number of halogens is 1. The normalized spacial score (nSPS) is 11.5. The first-order valence-corrected chi connectivity index (χ1v) is 11.7. The quantitative estimate of drug-likeness (QED) is 0.397. The average molecular weight is 499 g/mol. The summed E-state index contributed by atoms with van der Waals surface area (Å²) < 4.78 is 35.1. The topological polar surface area (TPSA) is 95.4 Å². The van der Waals surface area contributed by atoms with Crippen LogP contribution >= 0.6 is 15.9 Å². The van der Waals surface area contributed by atoms with Crippen LogP contribution in [0.25, 0.3) is 33.6 Å². The van der Waals surface area contributed by atoms with Gasteiger partial charge in [0.25, 0.3) is 0 Å². The van der Waals surface area contributed by atoms with Gasteiger partial charge in [0, 0.05) is 11.1 Å². The van der Waals surface area contributed by atoms with E-state index in [0.29, 0.717) is 5.76 Å². The highest BCUT2D eigenvalue weighted by Gasteiger charge is 2.21. The fourth-order valence-corrected chi connectivity index (χ4v) is 4.30. The lowest BCUT2D eigenvalue weighted by Crippen LogP contribution is -2.11. The van der Waals surface area contributed by atoms with E-state index < -0.39 is 10.0 Å². The third-order valence-corrected chi connectivity index (χ3v) is 6.82. The third kappa shape index (κ3) is 4.14. The van der Waals surface area contributed by atoms with E-state index in [1.807, 2.05) is 49.4 Å². The minimum atomic E-state index is -3.77. The Labute approximate surface area is 188 Å². The van der Waals surface area contributed by atoms with Gasteiger partial charge in [-0.15, -0.1) is 0 Å². The van der Waals surface area contributed by atoms with Crippen molar-refractivity contribution in [2.24, 2.45) is 5.14 Å². The molecule has 0 radical (unpaired) electrons. The van der Waals surface area contributed by atoms with Gasteiger partial charge in [-0.25, -0.2) is 13.6 Å². The molecule has 31 heavy (non-hydrogen) atoms. The molecule has 3 aromatic carbocycles. The van der Waals surface area contributed by atoms with Gasteiger partial charge in [0.2, 0.25) is 10.0 Å². The van der Waals surface area contributed by atoms with Gasteiger partial charge in [-0.2, -0.15) is 0 Å². The number of primary sulfonamides is 1. The molecule has 0 aliphatic carbocycles. The van der Waals surface area contributed by atoms with E-state index in [9.17, 15) is 8.42 Å². The van der Waals surface area contributed by atoms with Crippen LogP contribution in [0.1, 0.15) is 5.69 Å². The molecular weight excluding hydrogens is 480 g/mol. The Bertz CT molecular complexity index is 1360. The number of hydrogen-bond donors (Lipinski definition) is 1. The molecule has 0 aliphatic heterocycles. The first-order valence-electron chi connectivity index (χ1n) is 9.32. The summed E-state index contributed by atoms with van der Waals surface area (Å²) in [5.74, 6) is 1.33. The zero-order valence-electron chi connectivity index (χ0n) is 16.8. The van der Waals surface area contributed by atoms with Crippen LogP contribution in [0.3, 0.4) is 0 Å². The number of hydrogen-bond acceptors (Lipinski definition) is 5. The summed E-state index contributed by atoms with van der Waals surface area (Å²) in [6, 6.07) is 20.1. The van der Waals surface area contributed by atoms with Crippen LogP contribution in [0.2, 0.25) is 0 Å². The number of ether oxygens (including phenoxy) is 1.